The maximum Gasteiger partial charge on any atom is 0.329 e. The minimum Gasteiger partial charge on any atom is -0.451 e. The summed E-state index contributed by atoms with van der Waals surface area (Å²) in [5.74, 6) is 0.678. The first-order valence-electron chi connectivity index (χ1n) is 8.60. The summed E-state index contributed by atoms with van der Waals surface area (Å²) < 4.78 is 4.97. The molecule has 0 unspecified atom stereocenters. The van der Waals surface area contributed by atoms with E-state index in [1.54, 1.807) is 6.92 Å². The first-order chi connectivity index (χ1) is 10.8. The standard InChI is InChI=1S/C17H26N2O4/c1-9(15(21)23-10(2)14(18)20)19-16(22)17-6-11-3-12(7-17)5-13(4-11)8-17/h9-13H,3-8H2,1-2H3,(H2,18,20)(H,19,22)/t9-,10+,11?,12?,13?,17?/m0/s1. The van der Waals surface area contributed by atoms with Gasteiger partial charge in [-0.1, -0.05) is 0 Å². The Labute approximate surface area is 136 Å². The van der Waals surface area contributed by atoms with Crippen molar-refractivity contribution in [2.24, 2.45) is 28.9 Å². The predicted octanol–water partition coefficient (Wildman–Crippen LogP) is 1.12. The van der Waals surface area contributed by atoms with Crippen LogP contribution < -0.4 is 11.1 Å². The molecule has 0 aromatic rings. The number of ether oxygens (including phenoxy) is 1. The van der Waals surface area contributed by atoms with E-state index in [0.29, 0.717) is 17.8 Å². The molecule has 0 aromatic heterocycles. The van der Waals surface area contributed by atoms with E-state index in [1.807, 2.05) is 0 Å². The molecular formula is C17H26N2O4. The maximum absolute atomic E-state index is 12.8. The number of hydrogen-bond acceptors (Lipinski definition) is 4. The summed E-state index contributed by atoms with van der Waals surface area (Å²) in [5.41, 5.74) is 4.79. The number of hydrogen-bond donors (Lipinski definition) is 2. The van der Waals surface area contributed by atoms with E-state index in [0.717, 1.165) is 19.3 Å². The third-order valence-corrected chi connectivity index (χ3v) is 5.91. The topological polar surface area (TPSA) is 98.5 Å². The zero-order valence-electron chi connectivity index (χ0n) is 13.8. The third-order valence-electron chi connectivity index (χ3n) is 5.91. The summed E-state index contributed by atoms with van der Waals surface area (Å²) in [7, 11) is 0. The number of nitrogens with one attached hydrogen (secondary N) is 1. The lowest BCUT2D eigenvalue weighted by Crippen LogP contribution is -2.56. The fraction of sp³-hybridized carbons (Fsp3) is 0.824. The number of carbonyl (C=O) groups is 3. The molecule has 6 heteroatoms. The lowest BCUT2D eigenvalue weighted by atomic mass is 9.49. The number of nitrogens with two attached hydrogens (primary N) is 1. The molecule has 128 valence electrons. The maximum atomic E-state index is 12.8. The largest absolute Gasteiger partial charge is 0.451 e. The highest BCUT2D eigenvalue weighted by atomic mass is 16.5. The van der Waals surface area contributed by atoms with Crippen LogP contribution in [0.25, 0.3) is 0 Å². The van der Waals surface area contributed by atoms with Gasteiger partial charge in [-0.25, -0.2) is 4.79 Å². The van der Waals surface area contributed by atoms with E-state index in [1.165, 1.54) is 26.2 Å². The Bertz CT molecular complexity index is 495. The molecule has 0 radical (unpaired) electrons. The first-order valence-corrected chi connectivity index (χ1v) is 8.60. The quantitative estimate of drug-likeness (QED) is 0.741. The van der Waals surface area contributed by atoms with Gasteiger partial charge in [0.1, 0.15) is 6.04 Å². The third kappa shape index (κ3) is 3.08. The van der Waals surface area contributed by atoms with Crippen molar-refractivity contribution in [1.29, 1.82) is 0 Å². The molecule has 0 saturated heterocycles. The minimum atomic E-state index is -0.985. The van der Waals surface area contributed by atoms with E-state index in [-0.39, 0.29) is 11.3 Å². The van der Waals surface area contributed by atoms with Crippen molar-refractivity contribution in [3.8, 4) is 0 Å². The van der Waals surface area contributed by atoms with Crippen molar-refractivity contribution in [1.82, 2.24) is 5.32 Å². The number of esters is 1. The van der Waals surface area contributed by atoms with Gasteiger partial charge in [-0.05, 0) is 70.1 Å². The van der Waals surface area contributed by atoms with Crippen LogP contribution in [0.1, 0.15) is 52.4 Å². The summed E-state index contributed by atoms with van der Waals surface area (Å²) in [5, 5.41) is 2.82. The monoisotopic (exact) mass is 322 g/mol. The Kier molecular flexibility index (Phi) is 4.10. The summed E-state index contributed by atoms with van der Waals surface area (Å²) in [4.78, 5) is 35.8. The van der Waals surface area contributed by atoms with E-state index in [4.69, 9.17) is 10.5 Å². The SMILES string of the molecule is C[C@H](NC(=O)C12CC3CC(CC(C3)C1)C2)C(=O)O[C@H](C)C(N)=O. The van der Waals surface area contributed by atoms with Gasteiger partial charge >= 0.3 is 5.97 Å². The van der Waals surface area contributed by atoms with Crippen LogP contribution in [0.4, 0.5) is 0 Å². The molecule has 0 aromatic carbocycles. The van der Waals surface area contributed by atoms with Crippen molar-refractivity contribution >= 4 is 17.8 Å². The van der Waals surface area contributed by atoms with E-state index >= 15 is 0 Å². The van der Waals surface area contributed by atoms with Crippen LogP contribution in [0.15, 0.2) is 0 Å². The number of rotatable bonds is 5. The van der Waals surface area contributed by atoms with E-state index in [9.17, 15) is 14.4 Å². The molecule has 6 nitrogen and oxygen atoms in total. The van der Waals surface area contributed by atoms with Crippen molar-refractivity contribution < 1.29 is 19.1 Å². The smallest absolute Gasteiger partial charge is 0.329 e. The summed E-state index contributed by atoms with van der Waals surface area (Å²) in [6.45, 7) is 3.02. The van der Waals surface area contributed by atoms with Crippen molar-refractivity contribution in [2.45, 2.75) is 64.5 Å². The molecule has 4 aliphatic rings. The summed E-state index contributed by atoms with van der Waals surface area (Å²) in [6.07, 6.45) is 5.65. The number of primary amides is 1. The van der Waals surface area contributed by atoms with Crippen LogP contribution in [0, 0.1) is 23.2 Å². The molecular weight excluding hydrogens is 296 g/mol. The molecule has 0 heterocycles. The molecule has 4 aliphatic carbocycles. The summed E-state index contributed by atoms with van der Waals surface area (Å²) in [6, 6.07) is -0.766. The van der Waals surface area contributed by atoms with Gasteiger partial charge in [0.2, 0.25) is 5.91 Å². The number of amides is 2. The Morgan fingerprint density at radius 1 is 1.04 bits per heavy atom. The zero-order valence-corrected chi connectivity index (χ0v) is 13.8. The molecule has 4 fully saturated rings. The highest BCUT2D eigenvalue weighted by Gasteiger charge is 2.54. The van der Waals surface area contributed by atoms with Gasteiger partial charge in [-0.15, -0.1) is 0 Å². The average molecular weight is 322 g/mol. The lowest BCUT2D eigenvalue weighted by Gasteiger charge is -2.55. The average Bonchev–Trinajstić information content (AvgIpc) is 2.45. The van der Waals surface area contributed by atoms with Crippen LogP contribution in [0.5, 0.6) is 0 Å². The first kappa shape index (κ1) is 16.3. The Hall–Kier alpha value is -1.59. The molecule has 4 saturated carbocycles. The van der Waals surface area contributed by atoms with Crippen molar-refractivity contribution in [2.75, 3.05) is 0 Å². The highest BCUT2D eigenvalue weighted by Crippen LogP contribution is 2.60. The van der Waals surface area contributed by atoms with Gasteiger partial charge in [-0.2, -0.15) is 0 Å². The van der Waals surface area contributed by atoms with Crippen LogP contribution in [-0.4, -0.2) is 29.9 Å². The van der Waals surface area contributed by atoms with Crippen LogP contribution in [-0.2, 0) is 19.1 Å². The van der Waals surface area contributed by atoms with Gasteiger partial charge in [0, 0.05) is 5.41 Å². The van der Waals surface area contributed by atoms with Gasteiger partial charge in [-0.3, -0.25) is 9.59 Å². The fourth-order valence-electron chi connectivity index (χ4n) is 5.13. The lowest BCUT2D eigenvalue weighted by molar-refractivity contribution is -0.159. The normalized spacial score (nSPS) is 37.0. The van der Waals surface area contributed by atoms with Crippen LogP contribution in [0.2, 0.25) is 0 Å². The van der Waals surface area contributed by atoms with Crippen molar-refractivity contribution in [3.05, 3.63) is 0 Å². The van der Waals surface area contributed by atoms with Crippen molar-refractivity contribution in [3.63, 3.8) is 0 Å². The van der Waals surface area contributed by atoms with Gasteiger partial charge in [0.15, 0.2) is 6.10 Å². The second kappa shape index (κ2) is 5.80. The Balaban J connectivity index is 1.60. The van der Waals surface area contributed by atoms with E-state index < -0.39 is 24.0 Å². The molecule has 4 rings (SSSR count). The Morgan fingerprint density at radius 3 is 1.96 bits per heavy atom. The zero-order chi connectivity index (χ0) is 16.8. The molecule has 2 amide bonds. The number of carbonyl (C=O) groups excluding carboxylic acids is 3. The van der Waals surface area contributed by atoms with Gasteiger partial charge in [0.25, 0.3) is 5.91 Å². The molecule has 0 spiro atoms. The summed E-state index contributed by atoms with van der Waals surface area (Å²) >= 11 is 0. The Morgan fingerprint density at radius 2 is 1.52 bits per heavy atom. The van der Waals surface area contributed by atoms with E-state index in [2.05, 4.69) is 5.32 Å². The minimum absolute atomic E-state index is 0.0206. The second-order valence-corrected chi connectivity index (χ2v) is 7.87. The molecule has 0 aliphatic heterocycles. The van der Waals surface area contributed by atoms with Gasteiger partial charge < -0.3 is 15.8 Å². The predicted molar refractivity (Wildman–Crippen MR) is 83.0 cm³/mol. The van der Waals surface area contributed by atoms with Crippen LogP contribution >= 0.6 is 0 Å². The molecule has 2 atom stereocenters. The molecule has 23 heavy (non-hydrogen) atoms. The molecule has 3 N–H and O–H groups in total. The van der Waals surface area contributed by atoms with Gasteiger partial charge in [0.05, 0.1) is 0 Å². The highest BCUT2D eigenvalue weighted by molar-refractivity contribution is 5.89. The molecule has 4 bridgehead atoms. The van der Waals surface area contributed by atoms with Crippen LogP contribution in [0.3, 0.4) is 0 Å². The second-order valence-electron chi connectivity index (χ2n) is 7.87. The fourth-order valence-corrected chi connectivity index (χ4v) is 5.13.